The molecule has 0 saturated heterocycles. The quantitative estimate of drug-likeness (QED) is 0.705. The van der Waals surface area contributed by atoms with Crippen molar-refractivity contribution in [2.45, 2.75) is 20.0 Å². The van der Waals surface area contributed by atoms with E-state index in [4.69, 9.17) is 14.2 Å². The minimum absolute atomic E-state index is 0.0286. The molecule has 1 aliphatic rings. The molecule has 9 heteroatoms. The molecule has 0 saturated carbocycles. The first-order valence-corrected chi connectivity index (χ1v) is 7.93. The lowest BCUT2D eigenvalue weighted by Crippen LogP contribution is -2.45. The van der Waals surface area contributed by atoms with Crippen LogP contribution < -0.4 is 15.4 Å². The fraction of sp³-hybridized carbons (Fsp3) is 0.353. The molecule has 2 amide bonds. The second-order valence-corrected chi connectivity index (χ2v) is 5.31. The molecule has 0 spiro atoms. The zero-order valence-electron chi connectivity index (χ0n) is 14.3. The largest absolute Gasteiger partial charge is 0.479 e. The van der Waals surface area contributed by atoms with Crippen molar-refractivity contribution in [1.82, 2.24) is 10.6 Å². The van der Waals surface area contributed by atoms with Crippen LogP contribution in [0.25, 0.3) is 0 Å². The van der Waals surface area contributed by atoms with Gasteiger partial charge in [-0.3, -0.25) is 0 Å². The summed E-state index contributed by atoms with van der Waals surface area (Å²) in [7, 11) is 0. The number of hydrogen-bond acceptors (Lipinski definition) is 6. The molecule has 1 aliphatic heterocycles. The van der Waals surface area contributed by atoms with Gasteiger partial charge in [0.1, 0.15) is 18.2 Å². The Morgan fingerprint density at radius 2 is 1.92 bits per heavy atom. The number of amides is 2. The highest BCUT2D eigenvalue weighted by molar-refractivity contribution is 5.93. The fourth-order valence-electron chi connectivity index (χ4n) is 2.09. The van der Waals surface area contributed by atoms with Gasteiger partial charge in [0.15, 0.2) is 6.10 Å². The molecule has 0 bridgehead atoms. The Balaban J connectivity index is 1.97. The predicted molar refractivity (Wildman–Crippen MR) is 87.6 cm³/mol. The molecule has 0 aliphatic carbocycles. The molecule has 0 fully saturated rings. The van der Waals surface area contributed by atoms with Crippen LogP contribution in [-0.4, -0.2) is 43.8 Å². The van der Waals surface area contributed by atoms with Gasteiger partial charge in [-0.1, -0.05) is 0 Å². The number of halogens is 1. The summed E-state index contributed by atoms with van der Waals surface area (Å²) in [5, 5.41) is 4.87. The number of esters is 2. The van der Waals surface area contributed by atoms with Gasteiger partial charge in [0.2, 0.25) is 0 Å². The molecule has 1 aromatic rings. The smallest absolute Gasteiger partial charge is 0.347 e. The summed E-state index contributed by atoms with van der Waals surface area (Å²) >= 11 is 0. The number of urea groups is 1. The number of nitrogens with one attached hydrogen (secondary N) is 2. The summed E-state index contributed by atoms with van der Waals surface area (Å²) in [5.74, 6) is -1.44. The maximum Gasteiger partial charge on any atom is 0.347 e. The Morgan fingerprint density at radius 3 is 2.58 bits per heavy atom. The fourth-order valence-corrected chi connectivity index (χ4v) is 2.09. The molecule has 140 valence electrons. The Bertz CT molecular complexity index is 716. The standard InChI is InChI=1S/C17H19FN2O6/c1-3-24-16(22)13-8-19-17(23)20-14(13)9-25-15(21)10(2)26-12-6-4-11(18)5-7-12/h4-7,10H,3,8-9H2,1-2H3,(H2,19,20,23)/t10-/m0/s1. The topological polar surface area (TPSA) is 103 Å². The average Bonchev–Trinajstić information content (AvgIpc) is 2.61. The van der Waals surface area contributed by atoms with E-state index in [0.29, 0.717) is 5.75 Å². The second-order valence-electron chi connectivity index (χ2n) is 5.31. The zero-order chi connectivity index (χ0) is 19.1. The first-order chi connectivity index (χ1) is 12.4. The van der Waals surface area contributed by atoms with Gasteiger partial charge >= 0.3 is 18.0 Å². The van der Waals surface area contributed by atoms with Gasteiger partial charge < -0.3 is 24.8 Å². The lowest BCUT2D eigenvalue weighted by Gasteiger charge is -2.21. The molecule has 1 heterocycles. The summed E-state index contributed by atoms with van der Waals surface area (Å²) in [4.78, 5) is 35.4. The molecular weight excluding hydrogens is 347 g/mol. The average molecular weight is 366 g/mol. The van der Waals surface area contributed by atoms with Crippen LogP contribution in [0.5, 0.6) is 5.75 Å². The van der Waals surface area contributed by atoms with Crippen molar-refractivity contribution in [2.24, 2.45) is 0 Å². The summed E-state index contributed by atoms with van der Waals surface area (Å²) in [6, 6.07) is 4.66. The summed E-state index contributed by atoms with van der Waals surface area (Å²) in [6.45, 7) is 2.94. The van der Waals surface area contributed by atoms with E-state index in [1.54, 1.807) is 6.92 Å². The normalized spacial score (nSPS) is 14.8. The maximum atomic E-state index is 12.9. The highest BCUT2D eigenvalue weighted by atomic mass is 19.1. The van der Waals surface area contributed by atoms with Crippen LogP contribution in [-0.2, 0) is 19.1 Å². The summed E-state index contributed by atoms with van der Waals surface area (Å²) in [5.41, 5.74) is 0.320. The molecule has 1 aromatic carbocycles. The van der Waals surface area contributed by atoms with Crippen LogP contribution in [0, 0.1) is 5.82 Å². The van der Waals surface area contributed by atoms with Crippen LogP contribution in [0.2, 0.25) is 0 Å². The Hall–Kier alpha value is -3.10. The number of benzene rings is 1. The van der Waals surface area contributed by atoms with Gasteiger partial charge in [0.25, 0.3) is 0 Å². The van der Waals surface area contributed by atoms with Crippen LogP contribution in [0.15, 0.2) is 35.5 Å². The van der Waals surface area contributed by atoms with Gasteiger partial charge in [0.05, 0.1) is 24.4 Å². The molecule has 0 aromatic heterocycles. The van der Waals surface area contributed by atoms with Crippen molar-refractivity contribution >= 4 is 18.0 Å². The third-order valence-electron chi connectivity index (χ3n) is 3.39. The van der Waals surface area contributed by atoms with E-state index < -0.39 is 29.9 Å². The highest BCUT2D eigenvalue weighted by Crippen LogP contribution is 2.14. The van der Waals surface area contributed by atoms with Crippen molar-refractivity contribution in [3.05, 3.63) is 41.4 Å². The second kappa shape index (κ2) is 8.84. The number of hydrogen-bond donors (Lipinski definition) is 2. The highest BCUT2D eigenvalue weighted by Gasteiger charge is 2.25. The third kappa shape index (κ3) is 5.20. The van der Waals surface area contributed by atoms with Crippen molar-refractivity contribution in [1.29, 1.82) is 0 Å². The molecule has 2 rings (SSSR count). The van der Waals surface area contributed by atoms with Crippen LogP contribution >= 0.6 is 0 Å². The van der Waals surface area contributed by atoms with Gasteiger partial charge in [-0.25, -0.2) is 18.8 Å². The van der Waals surface area contributed by atoms with E-state index >= 15 is 0 Å². The van der Waals surface area contributed by atoms with E-state index in [9.17, 15) is 18.8 Å². The van der Waals surface area contributed by atoms with Crippen molar-refractivity contribution in [3.63, 3.8) is 0 Å². The minimum atomic E-state index is -0.968. The molecule has 0 radical (unpaired) electrons. The van der Waals surface area contributed by atoms with Gasteiger partial charge in [-0.2, -0.15) is 0 Å². The molecule has 8 nitrogen and oxygen atoms in total. The summed E-state index contributed by atoms with van der Waals surface area (Å²) < 4.78 is 28.2. The third-order valence-corrected chi connectivity index (χ3v) is 3.39. The Labute approximate surface area is 149 Å². The van der Waals surface area contributed by atoms with Crippen LogP contribution in [0.1, 0.15) is 13.8 Å². The van der Waals surface area contributed by atoms with Gasteiger partial charge in [0, 0.05) is 0 Å². The maximum absolute atomic E-state index is 12.9. The van der Waals surface area contributed by atoms with E-state index in [0.717, 1.165) is 0 Å². The van der Waals surface area contributed by atoms with Crippen molar-refractivity contribution in [3.8, 4) is 5.75 Å². The van der Waals surface area contributed by atoms with Crippen LogP contribution in [0.4, 0.5) is 9.18 Å². The van der Waals surface area contributed by atoms with Gasteiger partial charge in [-0.05, 0) is 38.1 Å². The van der Waals surface area contributed by atoms with E-state index in [-0.39, 0.29) is 31.0 Å². The van der Waals surface area contributed by atoms with Gasteiger partial charge in [-0.15, -0.1) is 0 Å². The van der Waals surface area contributed by atoms with Crippen LogP contribution in [0.3, 0.4) is 0 Å². The van der Waals surface area contributed by atoms with E-state index in [2.05, 4.69) is 10.6 Å². The number of rotatable bonds is 7. The number of carbonyl (C=O) groups is 3. The minimum Gasteiger partial charge on any atom is -0.479 e. The molecule has 1 atom stereocenters. The molecule has 26 heavy (non-hydrogen) atoms. The predicted octanol–water partition coefficient (Wildman–Crippen LogP) is 1.27. The van der Waals surface area contributed by atoms with Crippen molar-refractivity contribution < 1.29 is 33.0 Å². The van der Waals surface area contributed by atoms with E-state index in [1.807, 2.05) is 0 Å². The first kappa shape index (κ1) is 19.2. The first-order valence-electron chi connectivity index (χ1n) is 7.93. The lowest BCUT2D eigenvalue weighted by molar-refractivity contribution is -0.150. The SMILES string of the molecule is CCOC(=O)C1=C(COC(=O)[C@H](C)Oc2ccc(F)cc2)NC(=O)NC1. The number of carbonyl (C=O) groups excluding carboxylic acids is 3. The Kier molecular flexibility index (Phi) is 6.54. The van der Waals surface area contributed by atoms with Crippen molar-refractivity contribution in [2.75, 3.05) is 19.8 Å². The Morgan fingerprint density at radius 1 is 1.23 bits per heavy atom. The summed E-state index contributed by atoms with van der Waals surface area (Å²) in [6.07, 6.45) is -0.968. The monoisotopic (exact) mass is 366 g/mol. The zero-order valence-corrected chi connectivity index (χ0v) is 14.3. The van der Waals surface area contributed by atoms with E-state index in [1.165, 1.54) is 31.2 Å². The number of ether oxygens (including phenoxy) is 3. The molecule has 2 N–H and O–H groups in total. The molecular formula is C17H19FN2O6. The lowest BCUT2D eigenvalue weighted by atomic mass is 10.2. The molecule has 0 unspecified atom stereocenters.